The lowest BCUT2D eigenvalue weighted by molar-refractivity contribution is -0.199. The van der Waals surface area contributed by atoms with Crippen LogP contribution >= 0.6 is 0 Å². The molecule has 2 amide bonds. The van der Waals surface area contributed by atoms with Crippen LogP contribution in [-0.2, 0) is 38.3 Å². The Morgan fingerprint density at radius 2 is 1.22 bits per heavy atom. The lowest BCUT2D eigenvalue weighted by Crippen LogP contribution is -2.39. The molecule has 0 saturated carbocycles. The van der Waals surface area contributed by atoms with Crippen molar-refractivity contribution in [1.82, 2.24) is 5.06 Å². The van der Waals surface area contributed by atoms with Gasteiger partial charge in [-0.1, -0.05) is 32.8 Å². The molecule has 1 rings (SSSR count). The molecule has 9 nitrogen and oxygen atoms in total. The van der Waals surface area contributed by atoms with Crippen molar-refractivity contribution in [1.29, 1.82) is 0 Å². The molecule has 128 valence electrons. The fourth-order valence-electron chi connectivity index (χ4n) is 1.56. The molecular weight excluding hydrogens is 310 g/mol. The quantitative estimate of drug-likeness (QED) is 0.510. The number of hydroxylamine groups is 2. The van der Waals surface area contributed by atoms with Crippen molar-refractivity contribution in [3.05, 3.63) is 0 Å². The number of amides is 2. The number of rotatable bonds is 5. The fourth-order valence-corrected chi connectivity index (χ4v) is 1.56. The largest absolute Gasteiger partial charge is 0.447 e. The first-order valence-corrected chi connectivity index (χ1v) is 7.03. The van der Waals surface area contributed by atoms with Gasteiger partial charge in [0, 0.05) is 6.92 Å². The second-order valence-electron chi connectivity index (χ2n) is 5.58. The summed E-state index contributed by atoms with van der Waals surface area (Å²) in [6.45, 7) is 7.11. The van der Waals surface area contributed by atoms with Crippen molar-refractivity contribution in [2.45, 2.75) is 46.8 Å². The summed E-state index contributed by atoms with van der Waals surface area (Å²) in [4.78, 5) is 63.1. The van der Waals surface area contributed by atoms with Crippen molar-refractivity contribution in [3.63, 3.8) is 0 Å². The molecule has 0 N–H and O–H groups in total. The number of ether oxygens (including phenoxy) is 2. The molecule has 2 atom stereocenters. The maximum atomic E-state index is 12.1. The highest BCUT2D eigenvalue weighted by atomic mass is 16.7. The van der Waals surface area contributed by atoms with Crippen LogP contribution in [0.1, 0.15) is 34.6 Å². The number of nitrogens with zero attached hydrogens (tertiary/aromatic N) is 1. The summed E-state index contributed by atoms with van der Waals surface area (Å²) in [5.74, 6) is -5.74. The minimum atomic E-state index is -1.68. The van der Waals surface area contributed by atoms with Gasteiger partial charge in [-0.3, -0.25) is 19.2 Å². The molecule has 1 heterocycles. The second kappa shape index (κ2) is 7.21. The summed E-state index contributed by atoms with van der Waals surface area (Å²) < 4.78 is 9.88. The minimum absolute atomic E-state index is 0.152. The van der Waals surface area contributed by atoms with Crippen LogP contribution in [0.3, 0.4) is 0 Å². The first kappa shape index (κ1) is 18.6. The normalized spacial score (nSPS) is 20.9. The van der Waals surface area contributed by atoms with Crippen molar-refractivity contribution in [2.75, 3.05) is 0 Å². The summed E-state index contributed by atoms with van der Waals surface area (Å²) in [6, 6.07) is 0. The van der Waals surface area contributed by atoms with Gasteiger partial charge in [0.15, 0.2) is 0 Å². The molecule has 0 aromatic rings. The zero-order chi connectivity index (χ0) is 17.9. The van der Waals surface area contributed by atoms with Crippen LogP contribution in [0.2, 0.25) is 0 Å². The Bertz CT molecular complexity index is 499. The molecule has 1 aliphatic rings. The van der Waals surface area contributed by atoms with E-state index in [1.807, 2.05) is 0 Å². The van der Waals surface area contributed by atoms with E-state index in [4.69, 9.17) is 9.47 Å². The van der Waals surface area contributed by atoms with Crippen molar-refractivity contribution >= 4 is 29.7 Å². The highest BCUT2D eigenvalue weighted by molar-refractivity contribution is 6.09. The summed E-state index contributed by atoms with van der Waals surface area (Å²) in [5, 5.41) is 0.152. The van der Waals surface area contributed by atoms with Gasteiger partial charge in [-0.05, 0) is 0 Å². The Hall–Kier alpha value is -2.45. The highest BCUT2D eigenvalue weighted by Crippen LogP contribution is 2.23. The fraction of sp³-hybridized carbons (Fsp3) is 0.643. The third-order valence-corrected chi connectivity index (χ3v) is 2.81. The predicted molar refractivity (Wildman–Crippen MR) is 73.1 cm³/mol. The molecule has 0 bridgehead atoms. The monoisotopic (exact) mass is 329 g/mol. The molecule has 2 unspecified atom stereocenters. The van der Waals surface area contributed by atoms with E-state index in [0.717, 1.165) is 6.92 Å². The van der Waals surface area contributed by atoms with Gasteiger partial charge < -0.3 is 14.3 Å². The van der Waals surface area contributed by atoms with Gasteiger partial charge in [-0.2, -0.15) is 0 Å². The van der Waals surface area contributed by atoms with Crippen LogP contribution in [0.4, 0.5) is 0 Å². The number of imide groups is 1. The van der Waals surface area contributed by atoms with Gasteiger partial charge in [-0.15, -0.1) is 0 Å². The maximum Gasteiger partial charge on any atom is 0.330 e. The van der Waals surface area contributed by atoms with E-state index in [0.29, 0.717) is 0 Å². The van der Waals surface area contributed by atoms with E-state index >= 15 is 0 Å². The number of esters is 2. The molecule has 0 aromatic heterocycles. The standard InChI is InChI=1S/C14H19NO8/c1-6(2)13(19)21-9-10(22-14(20)7(3)4)12(18)15(11(9)17)23-8(5)16/h6-7,9-10H,1-5H3. The van der Waals surface area contributed by atoms with E-state index in [-0.39, 0.29) is 5.06 Å². The summed E-state index contributed by atoms with van der Waals surface area (Å²) >= 11 is 0. The smallest absolute Gasteiger partial charge is 0.330 e. The lowest BCUT2D eigenvalue weighted by Gasteiger charge is -2.18. The van der Waals surface area contributed by atoms with Gasteiger partial charge >= 0.3 is 29.7 Å². The van der Waals surface area contributed by atoms with Crippen molar-refractivity contribution in [2.24, 2.45) is 11.8 Å². The Labute approximate surface area is 132 Å². The molecule has 23 heavy (non-hydrogen) atoms. The summed E-state index contributed by atoms with van der Waals surface area (Å²) in [7, 11) is 0. The lowest BCUT2D eigenvalue weighted by atomic mass is 10.2. The molecule has 0 aliphatic carbocycles. The Morgan fingerprint density at radius 1 is 0.870 bits per heavy atom. The minimum Gasteiger partial charge on any atom is -0.447 e. The third-order valence-electron chi connectivity index (χ3n) is 2.81. The van der Waals surface area contributed by atoms with Crippen LogP contribution in [0.5, 0.6) is 0 Å². The summed E-state index contributed by atoms with van der Waals surface area (Å²) in [5.41, 5.74) is 0. The first-order chi connectivity index (χ1) is 10.6. The number of carbonyl (C=O) groups is 5. The second-order valence-corrected chi connectivity index (χ2v) is 5.58. The zero-order valence-electron chi connectivity index (χ0n) is 13.5. The van der Waals surface area contributed by atoms with Crippen LogP contribution < -0.4 is 0 Å². The molecule has 1 fully saturated rings. The SMILES string of the molecule is CC(=O)ON1C(=O)C(OC(=O)C(C)C)C(OC(=O)C(C)C)C1=O. The highest BCUT2D eigenvalue weighted by Gasteiger charge is 2.55. The van der Waals surface area contributed by atoms with E-state index < -0.39 is 53.8 Å². The average molecular weight is 329 g/mol. The molecule has 0 spiro atoms. The number of hydrogen-bond donors (Lipinski definition) is 0. The third kappa shape index (κ3) is 4.27. The first-order valence-electron chi connectivity index (χ1n) is 7.03. The molecule has 0 aromatic carbocycles. The summed E-state index contributed by atoms with van der Waals surface area (Å²) in [6.07, 6.45) is -3.36. The molecule has 9 heteroatoms. The van der Waals surface area contributed by atoms with Crippen LogP contribution in [-0.4, -0.2) is 47.0 Å². The molecule has 0 radical (unpaired) electrons. The van der Waals surface area contributed by atoms with Gasteiger partial charge in [0.1, 0.15) is 0 Å². The zero-order valence-corrected chi connectivity index (χ0v) is 13.5. The van der Waals surface area contributed by atoms with Gasteiger partial charge in [0.2, 0.25) is 12.2 Å². The van der Waals surface area contributed by atoms with E-state index in [1.165, 1.54) is 27.7 Å². The maximum absolute atomic E-state index is 12.1. The van der Waals surface area contributed by atoms with E-state index in [9.17, 15) is 24.0 Å². The Balaban J connectivity index is 3.06. The molecule has 1 aliphatic heterocycles. The van der Waals surface area contributed by atoms with Crippen LogP contribution in [0, 0.1) is 11.8 Å². The van der Waals surface area contributed by atoms with Gasteiger partial charge in [0.05, 0.1) is 11.8 Å². The molecule has 1 saturated heterocycles. The van der Waals surface area contributed by atoms with Crippen LogP contribution in [0.15, 0.2) is 0 Å². The van der Waals surface area contributed by atoms with Gasteiger partial charge in [0.25, 0.3) is 0 Å². The number of carbonyl (C=O) groups excluding carboxylic acids is 5. The van der Waals surface area contributed by atoms with Crippen molar-refractivity contribution in [3.8, 4) is 0 Å². The predicted octanol–water partition coefficient (Wildman–Crippen LogP) is -0.0311. The van der Waals surface area contributed by atoms with Crippen LogP contribution in [0.25, 0.3) is 0 Å². The van der Waals surface area contributed by atoms with E-state index in [1.54, 1.807) is 0 Å². The molecular formula is C14H19NO8. The van der Waals surface area contributed by atoms with Gasteiger partial charge in [-0.25, -0.2) is 4.79 Å². The Morgan fingerprint density at radius 3 is 1.48 bits per heavy atom. The average Bonchev–Trinajstić information content (AvgIpc) is 2.64. The number of hydrogen-bond acceptors (Lipinski definition) is 8. The Kier molecular flexibility index (Phi) is 5.83. The van der Waals surface area contributed by atoms with E-state index in [2.05, 4.69) is 4.84 Å². The topological polar surface area (TPSA) is 116 Å². The van der Waals surface area contributed by atoms with Crippen molar-refractivity contribution < 1.29 is 38.3 Å².